The first-order valence-electron chi connectivity index (χ1n) is 8.47. The summed E-state index contributed by atoms with van der Waals surface area (Å²) in [6.07, 6.45) is 2.26. The molecular weight excluding hydrogens is 332 g/mol. The SMILES string of the molecule is CSc1ccc(OC(C)C(=O)N(CCCN)Cc2ccccc2)cc1. The van der Waals surface area contributed by atoms with Crippen molar-refractivity contribution >= 4 is 17.7 Å². The lowest BCUT2D eigenvalue weighted by molar-refractivity contribution is -0.138. The average molecular weight is 359 g/mol. The molecule has 0 spiro atoms. The van der Waals surface area contributed by atoms with Gasteiger partial charge in [0, 0.05) is 18.0 Å². The highest BCUT2D eigenvalue weighted by molar-refractivity contribution is 7.98. The summed E-state index contributed by atoms with van der Waals surface area (Å²) in [5, 5.41) is 0. The summed E-state index contributed by atoms with van der Waals surface area (Å²) in [7, 11) is 0. The number of amides is 1. The second kappa shape index (κ2) is 10.1. The highest BCUT2D eigenvalue weighted by Gasteiger charge is 2.22. The van der Waals surface area contributed by atoms with Crippen LogP contribution in [0, 0.1) is 0 Å². The third-order valence-corrected chi connectivity index (χ3v) is 4.62. The highest BCUT2D eigenvalue weighted by Crippen LogP contribution is 2.20. The monoisotopic (exact) mass is 358 g/mol. The van der Waals surface area contributed by atoms with Crippen LogP contribution in [0.15, 0.2) is 59.5 Å². The Bertz CT molecular complexity index is 647. The Morgan fingerprint density at radius 1 is 1.16 bits per heavy atom. The topological polar surface area (TPSA) is 55.6 Å². The summed E-state index contributed by atoms with van der Waals surface area (Å²) >= 11 is 1.68. The molecule has 0 aliphatic carbocycles. The first-order chi connectivity index (χ1) is 12.1. The van der Waals surface area contributed by atoms with Gasteiger partial charge in [0.05, 0.1) is 0 Å². The van der Waals surface area contributed by atoms with E-state index in [1.807, 2.05) is 65.8 Å². The fourth-order valence-corrected chi connectivity index (χ4v) is 2.93. The molecule has 1 unspecified atom stereocenters. The Balaban J connectivity index is 2.02. The molecule has 0 bridgehead atoms. The molecule has 0 aromatic heterocycles. The van der Waals surface area contributed by atoms with E-state index in [4.69, 9.17) is 10.5 Å². The molecule has 0 saturated carbocycles. The lowest BCUT2D eigenvalue weighted by Crippen LogP contribution is -2.41. The number of hydrogen-bond donors (Lipinski definition) is 1. The number of ether oxygens (including phenoxy) is 1. The van der Waals surface area contributed by atoms with Gasteiger partial charge in [-0.05, 0) is 56.0 Å². The minimum absolute atomic E-state index is 0.0220. The van der Waals surface area contributed by atoms with Crippen molar-refractivity contribution < 1.29 is 9.53 Å². The van der Waals surface area contributed by atoms with Crippen LogP contribution in [0.25, 0.3) is 0 Å². The lowest BCUT2D eigenvalue weighted by Gasteiger charge is -2.26. The van der Waals surface area contributed by atoms with Crippen molar-refractivity contribution in [3.63, 3.8) is 0 Å². The summed E-state index contributed by atoms with van der Waals surface area (Å²) in [5.41, 5.74) is 6.73. The van der Waals surface area contributed by atoms with Crippen molar-refractivity contribution in [3.8, 4) is 5.75 Å². The van der Waals surface area contributed by atoms with Crippen LogP contribution in [-0.4, -0.2) is 36.3 Å². The standard InChI is InChI=1S/C20H26N2O2S/c1-16(24-18-9-11-19(25-2)12-10-18)20(23)22(14-6-13-21)15-17-7-4-3-5-8-17/h3-5,7-12,16H,6,13-15,21H2,1-2H3. The highest BCUT2D eigenvalue weighted by atomic mass is 32.2. The second-order valence-electron chi connectivity index (χ2n) is 5.82. The van der Waals surface area contributed by atoms with Gasteiger partial charge in [0.25, 0.3) is 5.91 Å². The number of hydrogen-bond acceptors (Lipinski definition) is 4. The molecule has 0 aliphatic rings. The molecule has 2 aromatic rings. The Morgan fingerprint density at radius 2 is 1.84 bits per heavy atom. The van der Waals surface area contributed by atoms with Gasteiger partial charge >= 0.3 is 0 Å². The summed E-state index contributed by atoms with van der Waals surface area (Å²) in [6.45, 7) is 3.55. The fourth-order valence-electron chi connectivity index (χ4n) is 2.52. The molecule has 4 nitrogen and oxygen atoms in total. The van der Waals surface area contributed by atoms with Gasteiger partial charge in [-0.15, -0.1) is 11.8 Å². The number of carbonyl (C=O) groups is 1. The first kappa shape index (κ1) is 19.3. The molecule has 1 atom stereocenters. The smallest absolute Gasteiger partial charge is 0.263 e. The normalized spacial score (nSPS) is 11.8. The molecule has 134 valence electrons. The van der Waals surface area contributed by atoms with Crippen LogP contribution < -0.4 is 10.5 Å². The summed E-state index contributed by atoms with van der Waals surface area (Å²) in [6, 6.07) is 17.8. The van der Waals surface area contributed by atoms with Crippen LogP contribution in [0.5, 0.6) is 5.75 Å². The molecule has 1 amide bonds. The minimum Gasteiger partial charge on any atom is -0.481 e. The van der Waals surface area contributed by atoms with Crippen LogP contribution in [0.3, 0.4) is 0 Å². The van der Waals surface area contributed by atoms with Gasteiger partial charge in [0.2, 0.25) is 0 Å². The predicted molar refractivity (Wildman–Crippen MR) is 104 cm³/mol. The lowest BCUT2D eigenvalue weighted by atomic mass is 10.2. The van der Waals surface area contributed by atoms with Crippen LogP contribution in [0.4, 0.5) is 0 Å². The van der Waals surface area contributed by atoms with E-state index in [9.17, 15) is 4.79 Å². The number of nitrogens with zero attached hydrogens (tertiary/aromatic N) is 1. The van der Waals surface area contributed by atoms with Gasteiger partial charge in [-0.3, -0.25) is 4.79 Å². The van der Waals surface area contributed by atoms with Crippen molar-refractivity contribution in [1.29, 1.82) is 0 Å². The Morgan fingerprint density at radius 3 is 2.44 bits per heavy atom. The molecule has 0 fully saturated rings. The summed E-state index contributed by atoms with van der Waals surface area (Å²) in [5.74, 6) is 0.684. The van der Waals surface area contributed by atoms with E-state index in [2.05, 4.69) is 0 Å². The maximum atomic E-state index is 12.8. The third kappa shape index (κ3) is 6.11. The third-order valence-electron chi connectivity index (χ3n) is 3.88. The molecule has 5 heteroatoms. The molecule has 0 radical (unpaired) electrons. The van der Waals surface area contributed by atoms with E-state index in [1.165, 1.54) is 4.90 Å². The zero-order chi connectivity index (χ0) is 18.1. The molecule has 2 N–H and O–H groups in total. The van der Waals surface area contributed by atoms with E-state index >= 15 is 0 Å². The minimum atomic E-state index is -0.540. The van der Waals surface area contributed by atoms with Crippen molar-refractivity contribution in [2.45, 2.75) is 30.9 Å². The van der Waals surface area contributed by atoms with Crippen molar-refractivity contribution in [2.75, 3.05) is 19.3 Å². The molecule has 25 heavy (non-hydrogen) atoms. The molecule has 0 aliphatic heterocycles. The van der Waals surface area contributed by atoms with Gasteiger partial charge in [-0.25, -0.2) is 0 Å². The van der Waals surface area contributed by atoms with Gasteiger partial charge in [-0.1, -0.05) is 30.3 Å². The molecule has 2 rings (SSSR count). The molecular formula is C20H26N2O2S. The van der Waals surface area contributed by atoms with Crippen LogP contribution in [0.2, 0.25) is 0 Å². The Kier molecular flexibility index (Phi) is 7.82. The average Bonchev–Trinajstić information content (AvgIpc) is 2.66. The molecule has 0 heterocycles. The zero-order valence-electron chi connectivity index (χ0n) is 14.9. The van der Waals surface area contributed by atoms with Gasteiger partial charge in [0.15, 0.2) is 6.10 Å². The van der Waals surface area contributed by atoms with Crippen LogP contribution in [-0.2, 0) is 11.3 Å². The van der Waals surface area contributed by atoms with Gasteiger partial charge < -0.3 is 15.4 Å². The Hall–Kier alpha value is -1.98. The number of carbonyl (C=O) groups excluding carboxylic acids is 1. The van der Waals surface area contributed by atoms with Gasteiger partial charge in [-0.2, -0.15) is 0 Å². The van der Waals surface area contributed by atoms with Crippen LogP contribution in [0.1, 0.15) is 18.9 Å². The first-order valence-corrected chi connectivity index (χ1v) is 9.70. The number of benzene rings is 2. The molecule has 2 aromatic carbocycles. The van der Waals surface area contributed by atoms with Crippen molar-refractivity contribution in [3.05, 3.63) is 60.2 Å². The second-order valence-corrected chi connectivity index (χ2v) is 6.70. The maximum absolute atomic E-state index is 12.8. The van der Waals surface area contributed by atoms with E-state index < -0.39 is 6.10 Å². The van der Waals surface area contributed by atoms with Crippen molar-refractivity contribution in [2.24, 2.45) is 5.73 Å². The Labute approximate surface area is 154 Å². The quantitative estimate of drug-likeness (QED) is 0.697. The van der Waals surface area contributed by atoms with E-state index in [1.54, 1.807) is 18.7 Å². The summed E-state index contributed by atoms with van der Waals surface area (Å²) < 4.78 is 5.84. The largest absolute Gasteiger partial charge is 0.481 e. The predicted octanol–water partition coefficient (Wildman–Crippen LogP) is 3.55. The number of thioether (sulfide) groups is 1. The number of nitrogens with two attached hydrogens (primary N) is 1. The fraction of sp³-hybridized carbons (Fsp3) is 0.350. The maximum Gasteiger partial charge on any atom is 0.263 e. The van der Waals surface area contributed by atoms with Gasteiger partial charge in [0.1, 0.15) is 5.75 Å². The van der Waals surface area contributed by atoms with E-state index in [-0.39, 0.29) is 5.91 Å². The van der Waals surface area contributed by atoms with E-state index in [0.717, 1.165) is 12.0 Å². The van der Waals surface area contributed by atoms with Crippen LogP contribution >= 0.6 is 11.8 Å². The van der Waals surface area contributed by atoms with E-state index in [0.29, 0.717) is 25.4 Å². The zero-order valence-corrected chi connectivity index (χ0v) is 15.7. The number of rotatable bonds is 9. The van der Waals surface area contributed by atoms with Crippen molar-refractivity contribution in [1.82, 2.24) is 4.90 Å². The summed E-state index contributed by atoms with van der Waals surface area (Å²) in [4.78, 5) is 15.8. The molecule has 0 saturated heterocycles.